The zero-order valence-electron chi connectivity index (χ0n) is 11.3. The van der Waals surface area contributed by atoms with E-state index in [1.165, 1.54) is 0 Å². The molecule has 1 aromatic rings. The lowest BCUT2D eigenvalue weighted by atomic mass is 10.0. The first-order chi connectivity index (χ1) is 8.93. The van der Waals surface area contributed by atoms with Crippen LogP contribution in [0.15, 0.2) is 18.2 Å². The topological polar surface area (TPSA) is 92.4 Å². The Hall–Kier alpha value is -2.04. The molecule has 0 aliphatic rings. The average Bonchev–Trinajstić information content (AvgIpc) is 2.36. The van der Waals surface area contributed by atoms with Crippen LogP contribution in [-0.4, -0.2) is 23.5 Å². The molecular formula is C14H20N2O3. The van der Waals surface area contributed by atoms with Crippen molar-refractivity contribution in [1.82, 2.24) is 5.32 Å². The second kappa shape index (κ2) is 6.78. The summed E-state index contributed by atoms with van der Waals surface area (Å²) < 4.78 is 0. The number of rotatable bonds is 6. The molecule has 0 radical (unpaired) electrons. The molecule has 0 saturated carbocycles. The Labute approximate surface area is 112 Å². The molecule has 1 rings (SSSR count). The van der Waals surface area contributed by atoms with Gasteiger partial charge >= 0.3 is 5.97 Å². The van der Waals surface area contributed by atoms with E-state index in [0.29, 0.717) is 24.2 Å². The molecule has 19 heavy (non-hydrogen) atoms. The summed E-state index contributed by atoms with van der Waals surface area (Å²) in [5, 5.41) is 11.5. The lowest BCUT2D eigenvalue weighted by molar-refractivity contribution is -0.138. The number of nitrogen functional groups attached to an aromatic ring is 1. The number of anilines is 1. The van der Waals surface area contributed by atoms with E-state index in [4.69, 9.17) is 10.8 Å². The number of nitrogens with one attached hydrogen (secondary N) is 1. The summed E-state index contributed by atoms with van der Waals surface area (Å²) in [5.41, 5.74) is 7.73. The molecule has 0 heterocycles. The van der Waals surface area contributed by atoms with Gasteiger partial charge in [0, 0.05) is 24.2 Å². The molecule has 4 N–H and O–H groups in total. The third-order valence-corrected chi connectivity index (χ3v) is 3.12. The van der Waals surface area contributed by atoms with Gasteiger partial charge in [-0.15, -0.1) is 0 Å². The largest absolute Gasteiger partial charge is 0.481 e. The zero-order valence-corrected chi connectivity index (χ0v) is 11.3. The highest BCUT2D eigenvalue weighted by molar-refractivity contribution is 5.94. The number of benzene rings is 1. The number of carbonyl (C=O) groups is 2. The van der Waals surface area contributed by atoms with Gasteiger partial charge in [0.2, 0.25) is 0 Å². The first kappa shape index (κ1) is 15.0. The minimum atomic E-state index is -0.843. The molecule has 0 fully saturated rings. The molecule has 0 bridgehead atoms. The van der Waals surface area contributed by atoms with Gasteiger partial charge in [0.05, 0.1) is 0 Å². The summed E-state index contributed by atoms with van der Waals surface area (Å²) in [6.45, 7) is 4.11. The van der Waals surface area contributed by atoms with E-state index in [1.54, 1.807) is 18.2 Å². The first-order valence-electron chi connectivity index (χ1n) is 6.30. The summed E-state index contributed by atoms with van der Waals surface area (Å²) in [6, 6.07) is 5.08. The molecule has 1 atom stereocenters. The van der Waals surface area contributed by atoms with Gasteiger partial charge < -0.3 is 16.2 Å². The fraction of sp³-hybridized carbons (Fsp3) is 0.429. The Morgan fingerprint density at radius 1 is 1.42 bits per heavy atom. The summed E-state index contributed by atoms with van der Waals surface area (Å²) in [7, 11) is 0. The highest BCUT2D eigenvalue weighted by Crippen LogP contribution is 2.13. The normalized spacial score (nSPS) is 11.9. The molecule has 0 aliphatic heterocycles. The van der Waals surface area contributed by atoms with Crippen molar-refractivity contribution in [3.63, 3.8) is 0 Å². The number of carboxylic acid groups (broad SMARTS) is 1. The second-order valence-corrected chi connectivity index (χ2v) is 4.65. The van der Waals surface area contributed by atoms with Gasteiger partial charge in [-0.25, -0.2) is 0 Å². The van der Waals surface area contributed by atoms with Crippen molar-refractivity contribution in [3.8, 4) is 0 Å². The van der Waals surface area contributed by atoms with Crippen molar-refractivity contribution in [2.45, 2.75) is 26.7 Å². The van der Waals surface area contributed by atoms with E-state index in [9.17, 15) is 9.59 Å². The third-order valence-electron chi connectivity index (χ3n) is 3.12. The molecule has 1 unspecified atom stereocenters. The molecule has 5 heteroatoms. The molecule has 104 valence electrons. The van der Waals surface area contributed by atoms with Crippen molar-refractivity contribution in [2.75, 3.05) is 12.3 Å². The summed E-state index contributed by atoms with van der Waals surface area (Å²) in [5.74, 6) is -1.09. The number of aliphatic carboxylic acids is 1. The molecule has 0 saturated heterocycles. The molecule has 5 nitrogen and oxygen atoms in total. The van der Waals surface area contributed by atoms with Crippen LogP contribution in [-0.2, 0) is 4.79 Å². The number of nitrogens with two attached hydrogens (primary N) is 1. The first-order valence-corrected chi connectivity index (χ1v) is 6.30. The second-order valence-electron chi connectivity index (χ2n) is 4.65. The average molecular weight is 264 g/mol. The lowest BCUT2D eigenvalue weighted by Crippen LogP contribution is -2.30. The monoisotopic (exact) mass is 264 g/mol. The molecule has 0 aliphatic carbocycles. The number of hydrogen-bond donors (Lipinski definition) is 3. The van der Waals surface area contributed by atoms with E-state index in [1.807, 2.05) is 13.8 Å². The van der Waals surface area contributed by atoms with Gasteiger partial charge in [0.15, 0.2) is 0 Å². The Morgan fingerprint density at radius 2 is 2.11 bits per heavy atom. The minimum Gasteiger partial charge on any atom is -0.481 e. The molecule has 1 amide bonds. The van der Waals surface area contributed by atoms with Crippen LogP contribution in [0.2, 0.25) is 0 Å². The lowest BCUT2D eigenvalue weighted by Gasteiger charge is -2.13. The predicted molar refractivity (Wildman–Crippen MR) is 74.0 cm³/mol. The fourth-order valence-electron chi connectivity index (χ4n) is 1.76. The Kier molecular flexibility index (Phi) is 5.36. The van der Waals surface area contributed by atoms with Gasteiger partial charge in [0.1, 0.15) is 0 Å². The van der Waals surface area contributed by atoms with Crippen LogP contribution in [0.3, 0.4) is 0 Å². The quantitative estimate of drug-likeness (QED) is 0.683. The minimum absolute atomic E-state index is 0.0451. The Morgan fingerprint density at radius 3 is 2.63 bits per heavy atom. The maximum absolute atomic E-state index is 11.9. The van der Waals surface area contributed by atoms with Crippen molar-refractivity contribution in [2.24, 2.45) is 5.92 Å². The van der Waals surface area contributed by atoms with Crippen molar-refractivity contribution in [3.05, 3.63) is 29.3 Å². The van der Waals surface area contributed by atoms with Gasteiger partial charge in [-0.1, -0.05) is 13.3 Å². The van der Waals surface area contributed by atoms with Crippen molar-refractivity contribution < 1.29 is 14.7 Å². The molecule has 0 aromatic heterocycles. The summed E-state index contributed by atoms with van der Waals surface area (Å²) in [6.07, 6.45) is 0.783. The number of carbonyl (C=O) groups excluding carboxylic acids is 1. The molecule has 1 aromatic carbocycles. The molecular weight excluding hydrogens is 244 g/mol. The van der Waals surface area contributed by atoms with Crippen molar-refractivity contribution >= 4 is 17.6 Å². The van der Waals surface area contributed by atoms with E-state index < -0.39 is 5.97 Å². The Bertz CT molecular complexity index is 472. The number of carboxylic acids is 1. The van der Waals surface area contributed by atoms with Gasteiger partial charge in [-0.3, -0.25) is 9.59 Å². The standard InChI is InChI=1S/C14H20N2O3/c1-3-10(7-13(17)18)8-16-14(19)11-4-5-12(15)9(2)6-11/h4-6,10H,3,7-8,15H2,1-2H3,(H,16,19)(H,17,18). The fourth-order valence-corrected chi connectivity index (χ4v) is 1.76. The van der Waals surface area contributed by atoms with E-state index in [2.05, 4.69) is 5.32 Å². The smallest absolute Gasteiger partial charge is 0.303 e. The van der Waals surface area contributed by atoms with E-state index >= 15 is 0 Å². The maximum Gasteiger partial charge on any atom is 0.303 e. The van der Waals surface area contributed by atoms with Crippen LogP contribution in [0, 0.1) is 12.8 Å². The number of hydrogen-bond acceptors (Lipinski definition) is 3. The maximum atomic E-state index is 11.9. The van der Waals surface area contributed by atoms with Crippen LogP contribution in [0.1, 0.15) is 35.7 Å². The summed E-state index contributed by atoms with van der Waals surface area (Å²) in [4.78, 5) is 22.6. The van der Waals surface area contributed by atoms with Gasteiger partial charge in [-0.05, 0) is 36.6 Å². The van der Waals surface area contributed by atoms with Crippen LogP contribution < -0.4 is 11.1 Å². The Balaban J connectivity index is 2.59. The zero-order chi connectivity index (χ0) is 14.4. The number of aryl methyl sites for hydroxylation is 1. The predicted octanol–water partition coefficient (Wildman–Crippen LogP) is 1.81. The van der Waals surface area contributed by atoms with Crippen LogP contribution in [0.25, 0.3) is 0 Å². The van der Waals surface area contributed by atoms with E-state index in [0.717, 1.165) is 5.56 Å². The van der Waals surface area contributed by atoms with Gasteiger partial charge in [0.25, 0.3) is 5.91 Å². The highest BCUT2D eigenvalue weighted by Gasteiger charge is 2.13. The van der Waals surface area contributed by atoms with Crippen LogP contribution in [0.5, 0.6) is 0 Å². The van der Waals surface area contributed by atoms with E-state index in [-0.39, 0.29) is 18.2 Å². The number of amides is 1. The van der Waals surface area contributed by atoms with Crippen molar-refractivity contribution in [1.29, 1.82) is 0 Å². The van der Waals surface area contributed by atoms with Crippen LogP contribution in [0.4, 0.5) is 5.69 Å². The SMILES string of the molecule is CCC(CNC(=O)c1ccc(N)c(C)c1)CC(=O)O. The summed E-state index contributed by atoms with van der Waals surface area (Å²) >= 11 is 0. The molecule has 0 spiro atoms. The van der Waals surface area contributed by atoms with Gasteiger partial charge in [-0.2, -0.15) is 0 Å². The van der Waals surface area contributed by atoms with Crippen LogP contribution >= 0.6 is 0 Å². The highest BCUT2D eigenvalue weighted by atomic mass is 16.4. The third kappa shape index (κ3) is 4.62.